The lowest BCUT2D eigenvalue weighted by molar-refractivity contribution is -0.137. The summed E-state index contributed by atoms with van der Waals surface area (Å²) in [6, 6.07) is 10.2. The largest absolute Gasteiger partial charge is 0.492 e. The zero-order valence-corrected chi connectivity index (χ0v) is 17.8. The van der Waals surface area contributed by atoms with Gasteiger partial charge in [-0.1, -0.05) is 31.5 Å². The van der Waals surface area contributed by atoms with Crippen LogP contribution in [-0.4, -0.2) is 37.0 Å². The van der Waals surface area contributed by atoms with Crippen molar-refractivity contribution < 1.29 is 22.7 Å². The van der Waals surface area contributed by atoms with E-state index in [-0.39, 0.29) is 23.8 Å². The van der Waals surface area contributed by atoms with Gasteiger partial charge in [-0.25, -0.2) is 0 Å². The minimum Gasteiger partial charge on any atom is -0.492 e. The van der Waals surface area contributed by atoms with Crippen molar-refractivity contribution in [3.8, 4) is 5.75 Å². The molecule has 0 unspecified atom stereocenters. The van der Waals surface area contributed by atoms with E-state index >= 15 is 0 Å². The number of nitrogens with one attached hydrogen (secondary N) is 1. The number of ether oxygens (including phenoxy) is 1. The zero-order chi connectivity index (χ0) is 22.1. The second-order valence-electron chi connectivity index (χ2n) is 6.75. The highest BCUT2D eigenvalue weighted by atomic mass is 35.5. The Morgan fingerprint density at radius 2 is 1.77 bits per heavy atom. The van der Waals surface area contributed by atoms with Gasteiger partial charge >= 0.3 is 6.18 Å². The molecule has 2 rings (SSSR count). The third-order valence-corrected chi connectivity index (χ3v) is 5.06. The molecule has 0 fully saturated rings. The number of aryl methyl sites for hydroxylation is 1. The molecule has 0 spiro atoms. The van der Waals surface area contributed by atoms with Gasteiger partial charge < -0.3 is 15.0 Å². The lowest BCUT2D eigenvalue weighted by atomic mass is 10.1. The van der Waals surface area contributed by atoms with Gasteiger partial charge in [0, 0.05) is 23.7 Å². The molecule has 0 aromatic heterocycles. The number of benzene rings is 2. The maximum atomic E-state index is 12.7. The summed E-state index contributed by atoms with van der Waals surface area (Å²) in [5, 5.41) is 2.76. The molecule has 164 valence electrons. The Kier molecular flexibility index (Phi) is 8.99. The molecule has 1 amide bonds. The van der Waals surface area contributed by atoms with Gasteiger partial charge in [-0.2, -0.15) is 13.2 Å². The smallest absolute Gasteiger partial charge is 0.416 e. The Morgan fingerprint density at radius 1 is 1.10 bits per heavy atom. The van der Waals surface area contributed by atoms with Crippen molar-refractivity contribution >= 4 is 23.2 Å². The maximum absolute atomic E-state index is 12.7. The topological polar surface area (TPSA) is 41.6 Å². The number of carbonyl (C=O) groups is 1. The summed E-state index contributed by atoms with van der Waals surface area (Å²) >= 11 is 5.93. The standard InChI is InChI=1S/C22H26ClF3N2O2/c1-3-28(4-2)13-14-30-19-10-8-18(9-11-19)27-21(29)12-6-16-5-7-17(15-20(16)23)22(24,25)26/h5,7-11,15H,3-4,6,12-14H2,1-2H3,(H,27,29). The lowest BCUT2D eigenvalue weighted by Crippen LogP contribution is -2.27. The van der Waals surface area contributed by atoms with Crippen LogP contribution in [0.4, 0.5) is 18.9 Å². The predicted octanol–water partition coefficient (Wildman–Crippen LogP) is 5.65. The minimum atomic E-state index is -4.44. The van der Waals surface area contributed by atoms with E-state index < -0.39 is 11.7 Å². The highest BCUT2D eigenvalue weighted by molar-refractivity contribution is 6.31. The molecule has 0 radical (unpaired) electrons. The van der Waals surface area contributed by atoms with Crippen molar-refractivity contribution in [2.45, 2.75) is 32.9 Å². The number of halogens is 4. The van der Waals surface area contributed by atoms with Gasteiger partial charge in [0.15, 0.2) is 0 Å². The molecule has 0 aliphatic carbocycles. The zero-order valence-electron chi connectivity index (χ0n) is 17.1. The molecule has 0 bridgehead atoms. The van der Waals surface area contributed by atoms with Crippen molar-refractivity contribution in [1.82, 2.24) is 4.90 Å². The SMILES string of the molecule is CCN(CC)CCOc1ccc(NC(=O)CCc2ccc(C(F)(F)F)cc2Cl)cc1. The Balaban J connectivity index is 1.81. The number of rotatable bonds is 10. The first-order valence-electron chi connectivity index (χ1n) is 9.83. The number of carbonyl (C=O) groups excluding carboxylic acids is 1. The molecule has 0 saturated carbocycles. The Morgan fingerprint density at radius 3 is 2.33 bits per heavy atom. The first-order valence-corrected chi connectivity index (χ1v) is 10.2. The van der Waals surface area contributed by atoms with Crippen LogP contribution in [0.5, 0.6) is 5.75 Å². The predicted molar refractivity (Wildman–Crippen MR) is 113 cm³/mol. The molecule has 0 aliphatic heterocycles. The molecule has 4 nitrogen and oxygen atoms in total. The Labute approximate surface area is 180 Å². The average molecular weight is 443 g/mol. The van der Waals surface area contributed by atoms with E-state index in [0.29, 0.717) is 17.9 Å². The van der Waals surface area contributed by atoms with Gasteiger partial charge in [0.25, 0.3) is 0 Å². The van der Waals surface area contributed by atoms with Crippen molar-refractivity contribution in [3.63, 3.8) is 0 Å². The number of alkyl halides is 3. The second kappa shape index (κ2) is 11.2. The molecule has 0 heterocycles. The molecule has 1 N–H and O–H groups in total. The highest BCUT2D eigenvalue weighted by Crippen LogP contribution is 2.32. The molecular weight excluding hydrogens is 417 g/mol. The average Bonchev–Trinajstić information content (AvgIpc) is 2.71. The van der Waals surface area contributed by atoms with E-state index in [2.05, 4.69) is 24.1 Å². The minimum absolute atomic E-state index is 0.00355. The van der Waals surface area contributed by atoms with E-state index in [1.165, 1.54) is 6.07 Å². The van der Waals surface area contributed by atoms with Crippen LogP contribution in [0.2, 0.25) is 5.02 Å². The normalized spacial score (nSPS) is 11.6. The van der Waals surface area contributed by atoms with E-state index in [4.69, 9.17) is 16.3 Å². The summed E-state index contributed by atoms with van der Waals surface area (Å²) in [6.45, 7) is 7.59. The van der Waals surface area contributed by atoms with Gasteiger partial charge in [0.2, 0.25) is 5.91 Å². The second-order valence-corrected chi connectivity index (χ2v) is 7.16. The van der Waals surface area contributed by atoms with E-state index in [1.807, 2.05) is 0 Å². The number of amides is 1. The summed E-state index contributed by atoms with van der Waals surface area (Å²) in [5.41, 5.74) is 0.312. The van der Waals surface area contributed by atoms with Crippen molar-refractivity contribution in [2.24, 2.45) is 0 Å². The van der Waals surface area contributed by atoms with E-state index in [0.717, 1.165) is 37.5 Å². The molecule has 30 heavy (non-hydrogen) atoms. The highest BCUT2D eigenvalue weighted by Gasteiger charge is 2.30. The number of hydrogen-bond donors (Lipinski definition) is 1. The fraction of sp³-hybridized carbons (Fsp3) is 0.409. The summed E-state index contributed by atoms with van der Waals surface area (Å²) in [4.78, 5) is 14.4. The first-order chi connectivity index (χ1) is 14.2. The lowest BCUT2D eigenvalue weighted by Gasteiger charge is -2.18. The van der Waals surface area contributed by atoms with Crippen molar-refractivity contribution in [3.05, 3.63) is 58.6 Å². The van der Waals surface area contributed by atoms with Crippen LogP contribution in [0.1, 0.15) is 31.4 Å². The van der Waals surface area contributed by atoms with Gasteiger partial charge in [0.05, 0.1) is 5.56 Å². The van der Waals surface area contributed by atoms with Crippen LogP contribution >= 0.6 is 11.6 Å². The van der Waals surface area contributed by atoms with Crippen molar-refractivity contribution in [1.29, 1.82) is 0 Å². The van der Waals surface area contributed by atoms with E-state index in [1.54, 1.807) is 24.3 Å². The van der Waals surface area contributed by atoms with Crippen molar-refractivity contribution in [2.75, 3.05) is 31.6 Å². The summed E-state index contributed by atoms with van der Waals surface area (Å²) < 4.78 is 43.8. The van der Waals surface area contributed by atoms with Crippen LogP contribution in [0.15, 0.2) is 42.5 Å². The van der Waals surface area contributed by atoms with E-state index in [9.17, 15) is 18.0 Å². The van der Waals surface area contributed by atoms with Gasteiger partial charge in [-0.3, -0.25) is 4.79 Å². The summed E-state index contributed by atoms with van der Waals surface area (Å²) in [7, 11) is 0. The van der Waals surface area contributed by atoms with Gasteiger partial charge in [-0.15, -0.1) is 0 Å². The fourth-order valence-electron chi connectivity index (χ4n) is 2.86. The molecule has 2 aromatic rings. The first kappa shape index (κ1) is 24.0. The summed E-state index contributed by atoms with van der Waals surface area (Å²) in [5.74, 6) is 0.470. The number of anilines is 1. The molecular formula is C22H26ClF3N2O2. The third kappa shape index (κ3) is 7.54. The molecule has 0 aliphatic rings. The van der Waals surface area contributed by atoms with Crippen LogP contribution in [0.25, 0.3) is 0 Å². The number of nitrogens with zero attached hydrogens (tertiary/aromatic N) is 1. The van der Waals surface area contributed by atoms with Crippen LogP contribution in [-0.2, 0) is 17.4 Å². The maximum Gasteiger partial charge on any atom is 0.416 e. The molecule has 0 atom stereocenters. The summed E-state index contributed by atoms with van der Waals surface area (Å²) in [6.07, 6.45) is -4.09. The monoisotopic (exact) mass is 442 g/mol. The Bertz CT molecular complexity index is 822. The van der Waals surface area contributed by atoms with Gasteiger partial charge in [0.1, 0.15) is 12.4 Å². The molecule has 8 heteroatoms. The molecule has 0 saturated heterocycles. The molecule has 2 aromatic carbocycles. The third-order valence-electron chi connectivity index (χ3n) is 4.71. The fourth-order valence-corrected chi connectivity index (χ4v) is 3.14. The van der Waals surface area contributed by atoms with Crippen LogP contribution in [0, 0.1) is 0 Å². The van der Waals surface area contributed by atoms with Crippen LogP contribution < -0.4 is 10.1 Å². The van der Waals surface area contributed by atoms with Gasteiger partial charge in [-0.05, 0) is 61.5 Å². The number of hydrogen-bond acceptors (Lipinski definition) is 3. The Hall–Kier alpha value is -2.25. The number of likely N-dealkylation sites (N-methyl/N-ethyl adjacent to an activating group) is 1. The quantitative estimate of drug-likeness (QED) is 0.517. The van der Waals surface area contributed by atoms with Crippen LogP contribution in [0.3, 0.4) is 0 Å².